The Hall–Kier alpha value is -3.53. The summed E-state index contributed by atoms with van der Waals surface area (Å²) in [5.41, 5.74) is 1.99. The number of carbonyl (C=O) groups excluding carboxylic acids is 2. The van der Waals surface area contributed by atoms with Crippen LogP contribution in [-0.4, -0.2) is 33.6 Å². The number of hydrogen-bond donors (Lipinski definition) is 1. The van der Waals surface area contributed by atoms with Crippen molar-refractivity contribution in [1.29, 1.82) is 0 Å². The van der Waals surface area contributed by atoms with Gasteiger partial charge in [-0.2, -0.15) is 0 Å². The van der Waals surface area contributed by atoms with Gasteiger partial charge in [-0.15, -0.1) is 0 Å². The number of thiazole rings is 1. The van der Waals surface area contributed by atoms with Gasteiger partial charge in [0.05, 0.1) is 35.2 Å². The molecule has 4 aromatic rings. The quantitative estimate of drug-likeness (QED) is 0.489. The Morgan fingerprint density at radius 1 is 1.24 bits per heavy atom. The van der Waals surface area contributed by atoms with Gasteiger partial charge in [-0.25, -0.2) is 14.8 Å². The van der Waals surface area contributed by atoms with Crippen LogP contribution in [0.3, 0.4) is 0 Å². The number of anilines is 1. The van der Waals surface area contributed by atoms with E-state index in [1.807, 2.05) is 0 Å². The number of furan rings is 1. The Morgan fingerprint density at radius 2 is 2.07 bits per heavy atom. The number of rotatable bonds is 5. The summed E-state index contributed by atoms with van der Waals surface area (Å²) in [7, 11) is 0. The molecule has 0 aliphatic rings. The van der Waals surface area contributed by atoms with E-state index in [1.54, 1.807) is 39.0 Å². The third kappa shape index (κ3) is 3.49. The Labute approximate surface area is 168 Å². The molecule has 0 saturated carbocycles. The monoisotopic (exact) mass is 412 g/mol. The summed E-state index contributed by atoms with van der Waals surface area (Å²) in [6.07, 6.45) is 1.52. The largest absolute Gasteiger partial charge is 0.463 e. The van der Waals surface area contributed by atoms with Crippen molar-refractivity contribution < 1.29 is 23.3 Å². The first-order valence-electron chi connectivity index (χ1n) is 8.74. The average molecular weight is 412 g/mol. The van der Waals surface area contributed by atoms with Crippen LogP contribution in [-0.2, 0) is 4.74 Å². The van der Waals surface area contributed by atoms with Crippen LogP contribution in [0.4, 0.5) is 5.13 Å². The summed E-state index contributed by atoms with van der Waals surface area (Å²) in [5, 5.41) is 7.42. The second-order valence-electron chi connectivity index (χ2n) is 6.09. The van der Waals surface area contributed by atoms with Gasteiger partial charge >= 0.3 is 5.97 Å². The number of carbonyl (C=O) groups is 2. The van der Waals surface area contributed by atoms with Gasteiger partial charge in [0.2, 0.25) is 0 Å². The molecule has 0 bridgehead atoms. The zero-order chi connectivity index (χ0) is 20.5. The Bertz CT molecular complexity index is 1210. The zero-order valence-corrected chi connectivity index (χ0v) is 16.6. The highest BCUT2D eigenvalue weighted by molar-refractivity contribution is 7.17. The van der Waals surface area contributed by atoms with Crippen LogP contribution in [0.1, 0.15) is 38.3 Å². The molecule has 29 heavy (non-hydrogen) atoms. The van der Waals surface area contributed by atoms with Crippen LogP contribution in [0.2, 0.25) is 0 Å². The molecule has 4 aromatic heterocycles. The van der Waals surface area contributed by atoms with E-state index < -0.39 is 11.9 Å². The summed E-state index contributed by atoms with van der Waals surface area (Å²) in [6.45, 7) is 5.39. The van der Waals surface area contributed by atoms with Gasteiger partial charge in [0.1, 0.15) is 10.6 Å². The number of fused-ring (bicyclic) bond motifs is 1. The van der Waals surface area contributed by atoms with Crippen LogP contribution >= 0.6 is 11.3 Å². The van der Waals surface area contributed by atoms with E-state index in [2.05, 4.69) is 20.4 Å². The lowest BCUT2D eigenvalue weighted by molar-refractivity contribution is 0.0531. The van der Waals surface area contributed by atoms with E-state index in [0.717, 1.165) is 11.3 Å². The predicted octanol–water partition coefficient (Wildman–Crippen LogP) is 3.99. The molecule has 4 heterocycles. The molecule has 0 aliphatic heterocycles. The first kappa shape index (κ1) is 18.8. The van der Waals surface area contributed by atoms with Gasteiger partial charge in [0, 0.05) is 0 Å². The van der Waals surface area contributed by atoms with Crippen molar-refractivity contribution in [3.05, 3.63) is 46.3 Å². The fourth-order valence-corrected chi connectivity index (χ4v) is 3.68. The Morgan fingerprint density at radius 3 is 2.79 bits per heavy atom. The topological polar surface area (TPSA) is 120 Å². The molecule has 10 heteroatoms. The smallest absolute Gasteiger partial charge is 0.350 e. The first-order chi connectivity index (χ1) is 14.0. The van der Waals surface area contributed by atoms with Crippen molar-refractivity contribution in [2.75, 3.05) is 11.9 Å². The third-order valence-electron chi connectivity index (χ3n) is 4.11. The van der Waals surface area contributed by atoms with Gasteiger partial charge < -0.3 is 13.7 Å². The molecule has 9 nitrogen and oxygen atoms in total. The number of hydrogen-bond acceptors (Lipinski definition) is 9. The predicted molar refractivity (Wildman–Crippen MR) is 105 cm³/mol. The maximum Gasteiger partial charge on any atom is 0.350 e. The van der Waals surface area contributed by atoms with Gasteiger partial charge in [-0.05, 0) is 39.0 Å². The van der Waals surface area contributed by atoms with Crippen molar-refractivity contribution in [1.82, 2.24) is 15.1 Å². The maximum atomic E-state index is 13.0. The summed E-state index contributed by atoms with van der Waals surface area (Å²) in [5.74, 6) is -0.408. The lowest BCUT2D eigenvalue weighted by atomic mass is 10.1. The lowest BCUT2D eigenvalue weighted by Gasteiger charge is -2.05. The molecule has 0 radical (unpaired) electrons. The van der Waals surface area contributed by atoms with E-state index >= 15 is 0 Å². The molecule has 0 unspecified atom stereocenters. The molecule has 0 saturated heterocycles. The van der Waals surface area contributed by atoms with Gasteiger partial charge in [-0.1, -0.05) is 16.5 Å². The Kier molecular flexibility index (Phi) is 4.85. The fraction of sp³-hybridized carbons (Fsp3) is 0.211. The third-order valence-corrected chi connectivity index (χ3v) is 5.17. The van der Waals surface area contributed by atoms with E-state index in [0.29, 0.717) is 38.7 Å². The minimum Gasteiger partial charge on any atom is -0.463 e. The molecule has 0 fully saturated rings. The van der Waals surface area contributed by atoms with Gasteiger partial charge in [-0.3, -0.25) is 10.1 Å². The highest BCUT2D eigenvalue weighted by Gasteiger charge is 2.22. The van der Waals surface area contributed by atoms with Crippen LogP contribution in [0.15, 0.2) is 33.4 Å². The molecule has 1 N–H and O–H groups in total. The number of pyridine rings is 1. The summed E-state index contributed by atoms with van der Waals surface area (Å²) in [4.78, 5) is 34.0. The van der Waals surface area contributed by atoms with E-state index in [9.17, 15) is 9.59 Å². The number of ether oxygens (including phenoxy) is 1. The number of aryl methyl sites for hydroxylation is 2. The highest BCUT2D eigenvalue weighted by Crippen LogP contribution is 2.29. The second-order valence-corrected chi connectivity index (χ2v) is 7.09. The molecule has 4 rings (SSSR count). The minimum atomic E-state index is -0.468. The number of nitrogens with one attached hydrogen (secondary N) is 1. The first-order valence-corrected chi connectivity index (χ1v) is 9.56. The molecular formula is C19H16N4O5S. The number of amides is 1. The van der Waals surface area contributed by atoms with Crippen molar-refractivity contribution in [2.45, 2.75) is 20.8 Å². The SMILES string of the molecule is CCOC(=O)c1sc(NC(=O)c2cc(-c3ccco3)nc3onc(C)c23)nc1C. The van der Waals surface area contributed by atoms with Crippen LogP contribution in [0.25, 0.3) is 22.6 Å². The highest BCUT2D eigenvalue weighted by atomic mass is 32.1. The molecule has 0 aromatic carbocycles. The van der Waals surface area contributed by atoms with Crippen molar-refractivity contribution in [3.63, 3.8) is 0 Å². The van der Waals surface area contributed by atoms with Gasteiger partial charge in [0.15, 0.2) is 10.9 Å². The van der Waals surface area contributed by atoms with Crippen LogP contribution in [0, 0.1) is 13.8 Å². The molecule has 0 spiro atoms. The normalized spacial score (nSPS) is 11.0. The fourth-order valence-electron chi connectivity index (χ4n) is 2.82. The van der Waals surface area contributed by atoms with Crippen molar-refractivity contribution in [2.24, 2.45) is 0 Å². The minimum absolute atomic E-state index is 0.226. The average Bonchev–Trinajstić information content (AvgIpc) is 3.42. The molecule has 1 amide bonds. The van der Waals surface area contributed by atoms with Crippen LogP contribution < -0.4 is 5.32 Å². The standard InChI is InChI=1S/C19H16N4O5S/c1-4-26-18(25)15-10(3)20-19(29-15)22-16(24)11-8-12(13-6-5-7-27-13)21-17-14(11)9(2)23-28-17/h5-8H,4H2,1-3H3,(H,20,22,24). The van der Waals surface area contributed by atoms with E-state index in [-0.39, 0.29) is 17.5 Å². The van der Waals surface area contributed by atoms with Crippen molar-refractivity contribution in [3.8, 4) is 11.5 Å². The van der Waals surface area contributed by atoms with Gasteiger partial charge in [0.25, 0.3) is 11.6 Å². The second kappa shape index (κ2) is 7.47. The number of esters is 1. The Balaban J connectivity index is 1.71. The number of aromatic nitrogens is 3. The summed E-state index contributed by atoms with van der Waals surface area (Å²) >= 11 is 1.05. The molecule has 0 aliphatic carbocycles. The molecule has 148 valence electrons. The molecule has 0 atom stereocenters. The lowest BCUT2D eigenvalue weighted by Crippen LogP contribution is -2.13. The van der Waals surface area contributed by atoms with E-state index in [4.69, 9.17) is 13.7 Å². The van der Waals surface area contributed by atoms with Crippen LogP contribution in [0.5, 0.6) is 0 Å². The summed E-state index contributed by atoms with van der Waals surface area (Å²) < 4.78 is 15.6. The van der Waals surface area contributed by atoms with E-state index in [1.165, 1.54) is 6.26 Å². The summed E-state index contributed by atoms with van der Waals surface area (Å²) in [6, 6.07) is 5.06. The maximum absolute atomic E-state index is 13.0. The zero-order valence-electron chi connectivity index (χ0n) is 15.8. The molecular weight excluding hydrogens is 396 g/mol. The van der Waals surface area contributed by atoms with Crippen molar-refractivity contribution >= 4 is 39.4 Å². The number of nitrogens with zero attached hydrogens (tertiary/aromatic N) is 3.